The summed E-state index contributed by atoms with van der Waals surface area (Å²) < 4.78 is 15.3. The summed E-state index contributed by atoms with van der Waals surface area (Å²) in [6.45, 7) is 3.47. The fraction of sp³-hybridized carbons (Fsp3) is 0.105. The van der Waals surface area contributed by atoms with Gasteiger partial charge in [-0.3, -0.25) is 20.4 Å². The molecule has 2 aromatic carbocycles. The molecule has 7 heteroatoms. The molecular weight excluding hydrogens is 335 g/mol. The zero-order valence-corrected chi connectivity index (χ0v) is 14.3. The van der Waals surface area contributed by atoms with Gasteiger partial charge in [0.25, 0.3) is 11.8 Å². The maximum absolute atomic E-state index is 13.6. The van der Waals surface area contributed by atoms with Crippen molar-refractivity contribution >= 4 is 11.8 Å². The molecule has 3 rings (SSSR count). The predicted octanol–water partition coefficient (Wildman–Crippen LogP) is 2.70. The third kappa shape index (κ3) is 3.32. The molecule has 0 fully saturated rings. The number of aryl methyl sites for hydroxylation is 1. The number of nitrogens with one attached hydrogen (secondary N) is 2. The molecule has 0 bridgehead atoms. The normalized spacial score (nSPS) is 10.4. The van der Waals surface area contributed by atoms with Crippen molar-refractivity contribution in [2.75, 3.05) is 0 Å². The van der Waals surface area contributed by atoms with E-state index in [-0.39, 0.29) is 5.56 Å². The summed E-state index contributed by atoms with van der Waals surface area (Å²) in [5.41, 5.74) is 6.71. The molecule has 0 aliphatic rings. The monoisotopic (exact) mass is 352 g/mol. The number of halogens is 1. The third-order valence-electron chi connectivity index (χ3n) is 3.93. The molecule has 132 valence electrons. The number of hydrogen-bond donors (Lipinski definition) is 2. The first-order valence-electron chi connectivity index (χ1n) is 7.96. The van der Waals surface area contributed by atoms with Gasteiger partial charge in [-0.25, -0.2) is 9.07 Å². The van der Waals surface area contributed by atoms with Crippen molar-refractivity contribution in [1.82, 2.24) is 20.6 Å². The van der Waals surface area contributed by atoms with Gasteiger partial charge >= 0.3 is 0 Å². The Bertz CT molecular complexity index is 967. The lowest BCUT2D eigenvalue weighted by Crippen LogP contribution is -2.42. The number of aromatic nitrogens is 2. The molecule has 0 atom stereocenters. The molecule has 0 saturated carbocycles. The number of carbonyl (C=O) groups is 2. The average Bonchev–Trinajstić information content (AvgIpc) is 2.95. The second kappa shape index (κ2) is 7.18. The van der Waals surface area contributed by atoms with Gasteiger partial charge in [0.05, 0.1) is 28.2 Å². The number of rotatable bonds is 3. The maximum atomic E-state index is 13.6. The number of carbonyl (C=O) groups excluding carboxylic acids is 2. The highest BCUT2D eigenvalue weighted by Crippen LogP contribution is 2.17. The molecule has 26 heavy (non-hydrogen) atoms. The number of para-hydroxylation sites is 1. The van der Waals surface area contributed by atoms with Crippen molar-refractivity contribution in [3.05, 3.63) is 82.9 Å². The first-order valence-corrected chi connectivity index (χ1v) is 7.96. The van der Waals surface area contributed by atoms with Crippen molar-refractivity contribution in [3.8, 4) is 5.69 Å². The van der Waals surface area contributed by atoms with Gasteiger partial charge in [-0.1, -0.05) is 30.3 Å². The zero-order valence-electron chi connectivity index (χ0n) is 14.3. The van der Waals surface area contributed by atoms with Crippen LogP contribution in [0.4, 0.5) is 4.39 Å². The van der Waals surface area contributed by atoms with E-state index in [2.05, 4.69) is 16.0 Å². The van der Waals surface area contributed by atoms with Crippen LogP contribution in [0, 0.1) is 19.7 Å². The average molecular weight is 352 g/mol. The molecule has 1 heterocycles. The first-order chi connectivity index (χ1) is 12.5. The lowest BCUT2D eigenvalue weighted by molar-refractivity contribution is 0.0843. The van der Waals surface area contributed by atoms with Crippen LogP contribution < -0.4 is 10.9 Å². The van der Waals surface area contributed by atoms with Crippen molar-refractivity contribution in [2.45, 2.75) is 13.8 Å². The van der Waals surface area contributed by atoms with Gasteiger partial charge in [0.15, 0.2) is 0 Å². The highest BCUT2D eigenvalue weighted by molar-refractivity contribution is 6.00. The Hall–Kier alpha value is -3.48. The molecular formula is C19H17FN4O2. The van der Waals surface area contributed by atoms with Crippen LogP contribution >= 0.6 is 0 Å². The Balaban J connectivity index is 1.78. The first kappa shape index (κ1) is 17.3. The summed E-state index contributed by atoms with van der Waals surface area (Å²) in [7, 11) is 0. The van der Waals surface area contributed by atoms with Gasteiger partial charge in [0.2, 0.25) is 0 Å². The van der Waals surface area contributed by atoms with E-state index in [1.54, 1.807) is 18.5 Å². The quantitative estimate of drug-likeness (QED) is 0.712. The second-order valence-electron chi connectivity index (χ2n) is 5.68. The van der Waals surface area contributed by atoms with Crippen molar-refractivity contribution in [3.63, 3.8) is 0 Å². The molecule has 1 aromatic heterocycles. The fourth-order valence-electron chi connectivity index (χ4n) is 2.68. The predicted molar refractivity (Wildman–Crippen MR) is 94.4 cm³/mol. The molecule has 6 nitrogen and oxygen atoms in total. The largest absolute Gasteiger partial charge is 0.273 e. The van der Waals surface area contributed by atoms with Crippen molar-refractivity contribution in [1.29, 1.82) is 0 Å². The number of nitrogens with zero attached hydrogens (tertiary/aromatic N) is 2. The van der Waals surface area contributed by atoms with E-state index in [0.29, 0.717) is 17.0 Å². The van der Waals surface area contributed by atoms with Gasteiger partial charge in [0.1, 0.15) is 5.82 Å². The minimum absolute atomic E-state index is 0.152. The van der Waals surface area contributed by atoms with Gasteiger partial charge < -0.3 is 0 Å². The third-order valence-corrected chi connectivity index (χ3v) is 3.93. The summed E-state index contributed by atoms with van der Waals surface area (Å²) in [4.78, 5) is 24.5. The number of hydrogen-bond acceptors (Lipinski definition) is 3. The lowest BCUT2D eigenvalue weighted by atomic mass is 10.2. The van der Waals surface area contributed by atoms with E-state index in [1.165, 1.54) is 24.3 Å². The molecule has 0 saturated heterocycles. The van der Waals surface area contributed by atoms with Gasteiger partial charge in [-0.05, 0) is 38.1 Å². The Morgan fingerprint density at radius 2 is 1.54 bits per heavy atom. The van der Waals surface area contributed by atoms with Gasteiger partial charge in [-0.15, -0.1) is 0 Å². The summed E-state index contributed by atoms with van der Waals surface area (Å²) in [6, 6.07) is 14.9. The van der Waals surface area contributed by atoms with Crippen LogP contribution in [0.15, 0.2) is 54.6 Å². The van der Waals surface area contributed by atoms with Crippen LogP contribution in [-0.4, -0.2) is 21.6 Å². The van der Waals surface area contributed by atoms with E-state index in [0.717, 1.165) is 5.69 Å². The Morgan fingerprint density at radius 1 is 0.923 bits per heavy atom. The Morgan fingerprint density at radius 3 is 2.23 bits per heavy atom. The van der Waals surface area contributed by atoms with E-state index in [1.807, 2.05) is 30.3 Å². The van der Waals surface area contributed by atoms with Gasteiger partial charge in [-0.2, -0.15) is 5.10 Å². The number of benzene rings is 2. The standard InChI is InChI=1S/C19H17FN4O2/c1-12-17(13(2)24(23-12)14-8-4-3-5-9-14)19(26)22-21-18(25)15-10-6-7-11-16(15)20/h3-11H,1-2H3,(H,21,25)(H,22,26). The summed E-state index contributed by atoms with van der Waals surface area (Å²) in [5.74, 6) is -1.92. The number of hydrazine groups is 1. The Kier molecular flexibility index (Phi) is 4.79. The molecule has 0 spiro atoms. The molecule has 0 aliphatic carbocycles. The van der Waals surface area contributed by atoms with Crippen molar-refractivity contribution in [2.24, 2.45) is 0 Å². The van der Waals surface area contributed by atoms with Crippen LogP contribution in [0.2, 0.25) is 0 Å². The summed E-state index contributed by atoms with van der Waals surface area (Å²) >= 11 is 0. The highest BCUT2D eigenvalue weighted by Gasteiger charge is 2.20. The molecule has 3 aromatic rings. The minimum Gasteiger partial charge on any atom is -0.267 e. The SMILES string of the molecule is Cc1nn(-c2ccccc2)c(C)c1C(=O)NNC(=O)c1ccccc1F. The van der Waals surface area contributed by atoms with Crippen molar-refractivity contribution < 1.29 is 14.0 Å². The summed E-state index contributed by atoms with van der Waals surface area (Å²) in [5, 5.41) is 4.38. The van der Waals surface area contributed by atoms with Crippen LogP contribution in [0.25, 0.3) is 5.69 Å². The van der Waals surface area contributed by atoms with Crippen LogP contribution in [0.3, 0.4) is 0 Å². The smallest absolute Gasteiger partial charge is 0.267 e. The highest BCUT2D eigenvalue weighted by atomic mass is 19.1. The van der Waals surface area contributed by atoms with E-state index in [9.17, 15) is 14.0 Å². The second-order valence-corrected chi connectivity index (χ2v) is 5.68. The zero-order chi connectivity index (χ0) is 18.7. The van der Waals surface area contributed by atoms with Gasteiger partial charge in [0, 0.05) is 0 Å². The van der Waals surface area contributed by atoms with Crippen LogP contribution in [0.5, 0.6) is 0 Å². The Labute approximate surface area is 149 Å². The summed E-state index contributed by atoms with van der Waals surface area (Å²) in [6.07, 6.45) is 0. The van der Waals surface area contributed by atoms with E-state index >= 15 is 0 Å². The molecule has 0 aliphatic heterocycles. The lowest BCUT2D eigenvalue weighted by Gasteiger charge is -2.09. The minimum atomic E-state index is -0.734. The molecule has 2 amide bonds. The van der Waals surface area contributed by atoms with E-state index in [4.69, 9.17) is 0 Å². The van der Waals surface area contributed by atoms with Crippen LogP contribution in [0.1, 0.15) is 32.1 Å². The topological polar surface area (TPSA) is 76.0 Å². The fourth-order valence-corrected chi connectivity index (χ4v) is 2.68. The maximum Gasteiger partial charge on any atom is 0.273 e. The van der Waals surface area contributed by atoms with E-state index < -0.39 is 17.6 Å². The molecule has 0 radical (unpaired) electrons. The van der Waals surface area contributed by atoms with Crippen LogP contribution in [-0.2, 0) is 0 Å². The number of amides is 2. The molecule has 2 N–H and O–H groups in total. The molecule has 0 unspecified atom stereocenters.